The van der Waals surface area contributed by atoms with E-state index in [2.05, 4.69) is 6.92 Å². The van der Waals surface area contributed by atoms with Crippen LogP contribution in [0.4, 0.5) is 0 Å². The molecule has 1 aliphatic heterocycles. The highest BCUT2D eigenvalue weighted by Crippen LogP contribution is 2.32. The highest BCUT2D eigenvalue weighted by molar-refractivity contribution is 5.79. The number of amides is 1. The van der Waals surface area contributed by atoms with Crippen molar-refractivity contribution < 1.29 is 9.90 Å². The van der Waals surface area contributed by atoms with Gasteiger partial charge < -0.3 is 15.7 Å². The Labute approximate surface area is 110 Å². The molecule has 1 saturated carbocycles. The van der Waals surface area contributed by atoms with Crippen LogP contribution in [0.15, 0.2) is 0 Å². The van der Waals surface area contributed by atoms with E-state index in [0.29, 0.717) is 25.9 Å². The molecule has 4 heteroatoms. The van der Waals surface area contributed by atoms with Crippen molar-refractivity contribution in [2.75, 3.05) is 13.1 Å². The zero-order valence-electron chi connectivity index (χ0n) is 11.6. The van der Waals surface area contributed by atoms with Crippen molar-refractivity contribution in [2.24, 2.45) is 17.6 Å². The van der Waals surface area contributed by atoms with E-state index in [9.17, 15) is 9.90 Å². The lowest BCUT2D eigenvalue weighted by molar-refractivity contribution is -0.142. The average Bonchev–Trinajstić information content (AvgIpc) is 2.32. The summed E-state index contributed by atoms with van der Waals surface area (Å²) in [6, 6.07) is 0.167. The summed E-state index contributed by atoms with van der Waals surface area (Å²) < 4.78 is 0. The number of likely N-dealkylation sites (tertiary alicyclic amines) is 1. The van der Waals surface area contributed by atoms with E-state index in [1.165, 1.54) is 0 Å². The molecule has 3 unspecified atom stereocenters. The summed E-state index contributed by atoms with van der Waals surface area (Å²) in [6.07, 6.45) is 4.45. The van der Waals surface area contributed by atoms with E-state index in [-0.39, 0.29) is 23.8 Å². The summed E-state index contributed by atoms with van der Waals surface area (Å²) in [4.78, 5) is 14.4. The van der Waals surface area contributed by atoms with Gasteiger partial charge in [0.2, 0.25) is 5.91 Å². The SMILES string of the molecule is CC1C(N)CCCC1C(=O)N1CCC(C)(O)CC1. The van der Waals surface area contributed by atoms with Crippen LogP contribution in [0.3, 0.4) is 0 Å². The fourth-order valence-electron chi connectivity index (χ4n) is 3.19. The molecule has 4 nitrogen and oxygen atoms in total. The molecule has 18 heavy (non-hydrogen) atoms. The van der Waals surface area contributed by atoms with Crippen LogP contribution in [0.2, 0.25) is 0 Å². The predicted molar refractivity (Wildman–Crippen MR) is 70.9 cm³/mol. The number of hydrogen-bond acceptors (Lipinski definition) is 3. The van der Waals surface area contributed by atoms with Crippen molar-refractivity contribution in [3.05, 3.63) is 0 Å². The van der Waals surface area contributed by atoms with Crippen molar-refractivity contribution >= 4 is 5.91 Å². The molecule has 1 amide bonds. The minimum Gasteiger partial charge on any atom is -0.390 e. The number of nitrogens with two attached hydrogens (primary N) is 1. The number of hydrogen-bond donors (Lipinski definition) is 2. The maximum atomic E-state index is 12.5. The molecule has 0 radical (unpaired) electrons. The summed E-state index contributed by atoms with van der Waals surface area (Å²) >= 11 is 0. The van der Waals surface area contributed by atoms with Crippen molar-refractivity contribution in [1.82, 2.24) is 4.90 Å². The largest absolute Gasteiger partial charge is 0.390 e. The molecule has 2 rings (SSSR count). The number of rotatable bonds is 1. The molecular formula is C14H26N2O2. The Bertz CT molecular complexity index is 307. The van der Waals surface area contributed by atoms with Gasteiger partial charge in [0.15, 0.2) is 0 Å². The number of nitrogens with zero attached hydrogens (tertiary/aromatic N) is 1. The Morgan fingerprint density at radius 3 is 2.56 bits per heavy atom. The highest BCUT2D eigenvalue weighted by Gasteiger charge is 2.37. The smallest absolute Gasteiger partial charge is 0.226 e. The third-order valence-corrected chi connectivity index (χ3v) is 4.83. The lowest BCUT2D eigenvalue weighted by atomic mass is 9.76. The van der Waals surface area contributed by atoms with Gasteiger partial charge in [0.25, 0.3) is 0 Å². The van der Waals surface area contributed by atoms with Crippen LogP contribution in [0, 0.1) is 11.8 Å². The Hall–Kier alpha value is -0.610. The fourth-order valence-corrected chi connectivity index (χ4v) is 3.19. The Kier molecular flexibility index (Phi) is 3.97. The second-order valence-corrected chi connectivity index (χ2v) is 6.38. The summed E-state index contributed by atoms with van der Waals surface area (Å²) in [7, 11) is 0. The summed E-state index contributed by atoms with van der Waals surface area (Å²) in [6.45, 7) is 5.33. The van der Waals surface area contributed by atoms with E-state index in [1.54, 1.807) is 0 Å². The standard InChI is InChI=1S/C14H26N2O2/c1-10-11(4-3-5-12(10)15)13(17)16-8-6-14(2,18)7-9-16/h10-12,18H,3-9,15H2,1-2H3. The molecule has 104 valence electrons. The first-order valence-electron chi connectivity index (χ1n) is 7.17. The molecule has 2 aliphatic rings. The third-order valence-electron chi connectivity index (χ3n) is 4.83. The number of piperidine rings is 1. The zero-order chi connectivity index (χ0) is 13.3. The summed E-state index contributed by atoms with van der Waals surface area (Å²) in [5.74, 6) is 0.638. The van der Waals surface area contributed by atoms with E-state index in [0.717, 1.165) is 19.3 Å². The average molecular weight is 254 g/mol. The Balaban J connectivity index is 1.95. The lowest BCUT2D eigenvalue weighted by Crippen LogP contribution is -2.50. The van der Waals surface area contributed by atoms with Gasteiger partial charge in [-0.15, -0.1) is 0 Å². The molecule has 3 N–H and O–H groups in total. The molecule has 0 aromatic rings. The van der Waals surface area contributed by atoms with Crippen LogP contribution >= 0.6 is 0 Å². The number of carbonyl (C=O) groups is 1. The molecule has 2 fully saturated rings. The minimum absolute atomic E-state index is 0.0943. The van der Waals surface area contributed by atoms with Crippen molar-refractivity contribution in [1.29, 1.82) is 0 Å². The van der Waals surface area contributed by atoms with E-state index in [1.807, 2.05) is 11.8 Å². The lowest BCUT2D eigenvalue weighted by Gasteiger charge is -2.40. The zero-order valence-corrected chi connectivity index (χ0v) is 11.6. The van der Waals surface area contributed by atoms with E-state index >= 15 is 0 Å². The first kappa shape index (κ1) is 13.8. The van der Waals surface area contributed by atoms with Gasteiger partial charge in [-0.05, 0) is 38.5 Å². The monoisotopic (exact) mass is 254 g/mol. The molecular weight excluding hydrogens is 228 g/mol. The highest BCUT2D eigenvalue weighted by atomic mass is 16.3. The van der Waals surface area contributed by atoms with Gasteiger partial charge >= 0.3 is 0 Å². The van der Waals surface area contributed by atoms with Crippen LogP contribution < -0.4 is 5.73 Å². The Morgan fingerprint density at radius 1 is 1.33 bits per heavy atom. The van der Waals surface area contributed by atoms with E-state index < -0.39 is 5.60 Å². The topological polar surface area (TPSA) is 66.6 Å². The molecule has 3 atom stereocenters. The molecule has 0 bridgehead atoms. The fraction of sp³-hybridized carbons (Fsp3) is 0.929. The quantitative estimate of drug-likeness (QED) is 0.737. The maximum absolute atomic E-state index is 12.5. The molecule has 0 spiro atoms. The predicted octanol–water partition coefficient (Wildman–Crippen LogP) is 1.12. The molecule has 1 aliphatic carbocycles. The van der Waals surface area contributed by atoms with Gasteiger partial charge in [-0.1, -0.05) is 13.3 Å². The second-order valence-electron chi connectivity index (χ2n) is 6.38. The van der Waals surface area contributed by atoms with Crippen LogP contribution in [-0.2, 0) is 4.79 Å². The first-order chi connectivity index (χ1) is 8.41. The Morgan fingerprint density at radius 2 is 1.94 bits per heavy atom. The molecule has 0 aromatic carbocycles. The van der Waals surface area contributed by atoms with Gasteiger partial charge in [0.05, 0.1) is 5.60 Å². The summed E-state index contributed by atoms with van der Waals surface area (Å²) in [5.41, 5.74) is 5.48. The van der Waals surface area contributed by atoms with Gasteiger partial charge in [-0.25, -0.2) is 0 Å². The molecule has 1 heterocycles. The van der Waals surface area contributed by atoms with Crippen molar-refractivity contribution in [3.63, 3.8) is 0 Å². The minimum atomic E-state index is -0.592. The van der Waals surface area contributed by atoms with Crippen LogP contribution in [0.5, 0.6) is 0 Å². The second kappa shape index (κ2) is 5.17. The van der Waals surface area contributed by atoms with E-state index in [4.69, 9.17) is 5.73 Å². The third kappa shape index (κ3) is 2.86. The van der Waals surface area contributed by atoms with Crippen LogP contribution in [0.1, 0.15) is 46.0 Å². The van der Waals surface area contributed by atoms with Crippen molar-refractivity contribution in [2.45, 2.75) is 57.6 Å². The first-order valence-corrected chi connectivity index (χ1v) is 7.17. The van der Waals surface area contributed by atoms with Gasteiger partial charge in [-0.2, -0.15) is 0 Å². The maximum Gasteiger partial charge on any atom is 0.226 e. The number of aliphatic hydroxyl groups is 1. The van der Waals surface area contributed by atoms with Crippen LogP contribution in [0.25, 0.3) is 0 Å². The van der Waals surface area contributed by atoms with Gasteiger partial charge in [-0.3, -0.25) is 4.79 Å². The number of carbonyl (C=O) groups excluding carboxylic acids is 1. The van der Waals surface area contributed by atoms with Crippen molar-refractivity contribution in [3.8, 4) is 0 Å². The van der Waals surface area contributed by atoms with Gasteiger partial charge in [0.1, 0.15) is 0 Å². The molecule has 0 aromatic heterocycles. The van der Waals surface area contributed by atoms with Crippen LogP contribution in [-0.4, -0.2) is 40.6 Å². The molecule has 1 saturated heterocycles. The summed E-state index contributed by atoms with van der Waals surface area (Å²) in [5, 5.41) is 9.92. The normalized spacial score (nSPS) is 36.4. The van der Waals surface area contributed by atoms with Gasteiger partial charge in [0, 0.05) is 25.0 Å².